The van der Waals surface area contributed by atoms with Gasteiger partial charge in [0.25, 0.3) is 0 Å². The molecule has 17 heavy (non-hydrogen) atoms. The van der Waals surface area contributed by atoms with Crippen LogP contribution in [0.4, 0.5) is 0 Å². The van der Waals surface area contributed by atoms with Gasteiger partial charge in [-0.1, -0.05) is 6.92 Å². The van der Waals surface area contributed by atoms with Gasteiger partial charge in [0.1, 0.15) is 11.3 Å². The van der Waals surface area contributed by atoms with Crippen molar-refractivity contribution in [3.05, 3.63) is 28.8 Å². The van der Waals surface area contributed by atoms with Crippen molar-refractivity contribution >= 4 is 5.97 Å². The summed E-state index contributed by atoms with van der Waals surface area (Å²) in [6.45, 7) is 3.96. The molecule has 1 aromatic carbocycles. The highest BCUT2D eigenvalue weighted by Gasteiger charge is 2.18. The third kappa shape index (κ3) is 2.56. The first-order valence-corrected chi connectivity index (χ1v) is 5.46. The maximum Gasteiger partial charge on any atom is 0.341 e. The summed E-state index contributed by atoms with van der Waals surface area (Å²) in [6.07, 6.45) is 0.624. The summed E-state index contributed by atoms with van der Waals surface area (Å²) in [5, 5.41) is 8.98. The Bertz CT molecular complexity index is 460. The van der Waals surface area contributed by atoms with E-state index in [2.05, 4.69) is 6.07 Å². The molecule has 0 aromatic heterocycles. The molecule has 4 nitrogen and oxygen atoms in total. The Labute approximate surface area is 101 Å². The van der Waals surface area contributed by atoms with Crippen molar-refractivity contribution in [2.45, 2.75) is 20.3 Å². The molecule has 0 bridgehead atoms. The van der Waals surface area contributed by atoms with Gasteiger partial charge in [0, 0.05) is 5.56 Å². The fraction of sp³-hybridized carbons (Fsp3) is 0.385. The number of benzene rings is 1. The monoisotopic (exact) mass is 233 g/mol. The van der Waals surface area contributed by atoms with Crippen molar-refractivity contribution in [1.82, 2.24) is 0 Å². The van der Waals surface area contributed by atoms with Crippen LogP contribution in [0, 0.1) is 11.3 Å². The molecular weight excluding hydrogens is 218 g/mol. The Morgan fingerprint density at radius 1 is 1.41 bits per heavy atom. The van der Waals surface area contributed by atoms with Gasteiger partial charge in [-0.25, -0.2) is 4.79 Å². The molecule has 0 aliphatic heterocycles. The van der Waals surface area contributed by atoms with Crippen LogP contribution in [0.25, 0.3) is 0 Å². The van der Waals surface area contributed by atoms with Crippen LogP contribution in [-0.4, -0.2) is 19.7 Å². The zero-order chi connectivity index (χ0) is 12.8. The summed E-state index contributed by atoms with van der Waals surface area (Å²) in [6, 6.07) is 5.27. The first-order valence-electron chi connectivity index (χ1n) is 5.46. The van der Waals surface area contributed by atoms with Crippen LogP contribution in [0.15, 0.2) is 12.1 Å². The van der Waals surface area contributed by atoms with E-state index in [1.54, 1.807) is 19.1 Å². The van der Waals surface area contributed by atoms with Gasteiger partial charge in [-0.05, 0) is 25.5 Å². The summed E-state index contributed by atoms with van der Waals surface area (Å²) < 4.78 is 10.2. The zero-order valence-electron chi connectivity index (χ0n) is 10.2. The zero-order valence-corrected chi connectivity index (χ0v) is 10.2. The largest absolute Gasteiger partial charge is 0.496 e. The van der Waals surface area contributed by atoms with E-state index >= 15 is 0 Å². The minimum absolute atomic E-state index is 0.309. The van der Waals surface area contributed by atoms with Crippen molar-refractivity contribution in [1.29, 1.82) is 5.26 Å². The van der Waals surface area contributed by atoms with Crippen LogP contribution in [0.3, 0.4) is 0 Å². The summed E-state index contributed by atoms with van der Waals surface area (Å²) >= 11 is 0. The molecule has 0 amide bonds. The fourth-order valence-corrected chi connectivity index (χ4v) is 1.69. The van der Waals surface area contributed by atoms with Gasteiger partial charge in [0.2, 0.25) is 0 Å². The number of hydrogen-bond acceptors (Lipinski definition) is 4. The average molecular weight is 233 g/mol. The second-order valence-electron chi connectivity index (χ2n) is 3.36. The molecule has 1 rings (SSSR count). The lowest BCUT2D eigenvalue weighted by atomic mass is 10.0. The Balaban J connectivity index is 3.34. The van der Waals surface area contributed by atoms with Gasteiger partial charge in [-0.3, -0.25) is 0 Å². The lowest BCUT2D eigenvalue weighted by Crippen LogP contribution is -2.09. The van der Waals surface area contributed by atoms with Gasteiger partial charge in [0.15, 0.2) is 0 Å². The van der Waals surface area contributed by atoms with E-state index in [-0.39, 0.29) is 0 Å². The number of carbonyl (C=O) groups is 1. The van der Waals surface area contributed by atoms with Crippen LogP contribution in [0.1, 0.15) is 35.3 Å². The average Bonchev–Trinajstić information content (AvgIpc) is 2.36. The second kappa shape index (κ2) is 5.90. The highest BCUT2D eigenvalue weighted by Crippen LogP contribution is 2.28. The number of rotatable bonds is 4. The van der Waals surface area contributed by atoms with Crippen molar-refractivity contribution in [2.75, 3.05) is 13.7 Å². The Morgan fingerprint density at radius 3 is 2.59 bits per heavy atom. The van der Waals surface area contributed by atoms with Crippen LogP contribution < -0.4 is 4.74 Å². The molecule has 0 atom stereocenters. The quantitative estimate of drug-likeness (QED) is 0.749. The van der Waals surface area contributed by atoms with Crippen molar-refractivity contribution in [2.24, 2.45) is 0 Å². The Hall–Kier alpha value is -2.02. The van der Waals surface area contributed by atoms with E-state index < -0.39 is 5.97 Å². The molecule has 0 N–H and O–H groups in total. The van der Waals surface area contributed by atoms with Crippen LogP contribution in [0.5, 0.6) is 5.75 Å². The predicted octanol–water partition coefficient (Wildman–Crippen LogP) is 2.31. The number of nitrogens with zero attached hydrogens (tertiary/aromatic N) is 1. The van der Waals surface area contributed by atoms with Gasteiger partial charge in [-0.2, -0.15) is 5.26 Å². The first kappa shape index (κ1) is 13.0. The molecular formula is C13H15NO3. The molecule has 0 radical (unpaired) electrons. The van der Waals surface area contributed by atoms with Crippen LogP contribution in [0.2, 0.25) is 0 Å². The molecule has 0 saturated heterocycles. The molecule has 4 heteroatoms. The van der Waals surface area contributed by atoms with Gasteiger partial charge >= 0.3 is 5.97 Å². The molecule has 0 saturated carbocycles. The van der Waals surface area contributed by atoms with Gasteiger partial charge < -0.3 is 9.47 Å². The number of esters is 1. The molecule has 1 aromatic rings. The molecule has 0 unspecified atom stereocenters. The lowest BCUT2D eigenvalue weighted by molar-refractivity contribution is 0.0522. The SMILES string of the molecule is CCOC(=O)c1ccc(C#N)c(CC)c1OC. The number of nitriles is 1. The number of carbonyl (C=O) groups excluding carboxylic acids is 1. The van der Waals surface area contributed by atoms with E-state index in [1.807, 2.05) is 6.92 Å². The van der Waals surface area contributed by atoms with E-state index in [1.165, 1.54) is 7.11 Å². The Morgan fingerprint density at radius 2 is 2.12 bits per heavy atom. The highest BCUT2D eigenvalue weighted by molar-refractivity contribution is 5.93. The molecule has 90 valence electrons. The van der Waals surface area contributed by atoms with Crippen LogP contribution in [-0.2, 0) is 11.2 Å². The van der Waals surface area contributed by atoms with Crippen LogP contribution >= 0.6 is 0 Å². The fourth-order valence-electron chi connectivity index (χ4n) is 1.69. The van der Waals surface area contributed by atoms with Gasteiger partial charge in [0.05, 0.1) is 25.3 Å². The summed E-state index contributed by atoms with van der Waals surface area (Å²) in [7, 11) is 1.48. The van der Waals surface area contributed by atoms with E-state index in [4.69, 9.17) is 14.7 Å². The van der Waals surface area contributed by atoms with Crippen molar-refractivity contribution < 1.29 is 14.3 Å². The summed E-state index contributed by atoms with van der Waals surface area (Å²) in [4.78, 5) is 11.7. The molecule has 0 spiro atoms. The number of methoxy groups -OCH3 is 1. The third-order valence-electron chi connectivity index (χ3n) is 2.43. The minimum Gasteiger partial charge on any atom is -0.496 e. The topological polar surface area (TPSA) is 59.3 Å². The smallest absolute Gasteiger partial charge is 0.341 e. The van der Waals surface area contributed by atoms with Crippen molar-refractivity contribution in [3.63, 3.8) is 0 Å². The number of ether oxygens (including phenoxy) is 2. The summed E-state index contributed by atoms with van der Waals surface area (Å²) in [5.41, 5.74) is 1.63. The first-order chi connectivity index (χ1) is 8.19. The molecule has 0 aliphatic rings. The standard InChI is InChI=1S/C13H15NO3/c1-4-10-9(8-14)6-7-11(12(10)16-3)13(15)17-5-2/h6-7H,4-5H2,1-3H3. The molecule has 0 fully saturated rings. The molecule has 0 aliphatic carbocycles. The number of hydrogen-bond donors (Lipinski definition) is 0. The Kier molecular flexibility index (Phi) is 4.53. The normalized spacial score (nSPS) is 9.53. The maximum atomic E-state index is 11.7. The minimum atomic E-state index is -0.427. The van der Waals surface area contributed by atoms with E-state index in [0.717, 1.165) is 5.56 Å². The van der Waals surface area contributed by atoms with Crippen molar-refractivity contribution in [3.8, 4) is 11.8 Å². The maximum absolute atomic E-state index is 11.7. The second-order valence-corrected chi connectivity index (χ2v) is 3.36. The van der Waals surface area contributed by atoms with E-state index in [0.29, 0.717) is 29.9 Å². The third-order valence-corrected chi connectivity index (χ3v) is 2.43. The summed E-state index contributed by atoms with van der Waals surface area (Å²) in [5.74, 6) is 0.00791. The lowest BCUT2D eigenvalue weighted by Gasteiger charge is -2.12. The highest BCUT2D eigenvalue weighted by atomic mass is 16.5. The van der Waals surface area contributed by atoms with E-state index in [9.17, 15) is 4.79 Å². The van der Waals surface area contributed by atoms with Gasteiger partial charge in [-0.15, -0.1) is 0 Å². The predicted molar refractivity (Wildman–Crippen MR) is 63.0 cm³/mol. The molecule has 0 heterocycles.